The predicted octanol–water partition coefficient (Wildman–Crippen LogP) is 5.15. The Morgan fingerprint density at radius 1 is 0.767 bits per heavy atom. The highest BCUT2D eigenvalue weighted by Gasteiger charge is 2.17. The molecule has 3 aromatic carbocycles. The van der Waals surface area contributed by atoms with Crippen LogP contribution in [0.1, 0.15) is 11.1 Å². The summed E-state index contributed by atoms with van der Waals surface area (Å²) in [6.45, 7) is 1.24. The monoisotopic (exact) mass is 399 g/mol. The summed E-state index contributed by atoms with van der Waals surface area (Å²) in [5, 5.41) is 2.99. The van der Waals surface area contributed by atoms with Gasteiger partial charge in [0.2, 0.25) is 0 Å². The average Bonchev–Trinajstić information content (AvgIpc) is 2.78. The number of nitrogens with one attached hydrogen (secondary N) is 1. The molecule has 0 saturated heterocycles. The van der Waals surface area contributed by atoms with E-state index in [2.05, 4.69) is 44.5 Å². The van der Waals surface area contributed by atoms with Gasteiger partial charge in [0.1, 0.15) is 17.8 Å². The largest absolute Gasteiger partial charge is 0.393 e. The van der Waals surface area contributed by atoms with E-state index in [-0.39, 0.29) is 5.82 Å². The third kappa shape index (κ3) is 4.55. The first-order valence-corrected chi connectivity index (χ1v) is 9.65. The number of para-hydroxylation sites is 1. The number of hydrogen-bond donors (Lipinski definition) is 2. The van der Waals surface area contributed by atoms with Crippen LogP contribution < -0.4 is 16.0 Å². The summed E-state index contributed by atoms with van der Waals surface area (Å²) >= 11 is 0. The van der Waals surface area contributed by atoms with Crippen molar-refractivity contribution in [3.63, 3.8) is 0 Å². The molecule has 3 N–H and O–H groups in total. The van der Waals surface area contributed by atoms with E-state index in [4.69, 9.17) is 5.73 Å². The lowest BCUT2D eigenvalue weighted by Crippen LogP contribution is -2.24. The Morgan fingerprint density at radius 3 is 1.93 bits per heavy atom. The summed E-state index contributed by atoms with van der Waals surface area (Å²) < 4.78 is 14.1. The van der Waals surface area contributed by atoms with Crippen molar-refractivity contribution in [2.75, 3.05) is 16.0 Å². The maximum Gasteiger partial charge on any atom is 0.159 e. The second kappa shape index (κ2) is 9.05. The second-order valence-electron chi connectivity index (χ2n) is 6.89. The van der Waals surface area contributed by atoms with E-state index in [9.17, 15) is 4.39 Å². The molecule has 4 aromatic rings. The highest BCUT2D eigenvalue weighted by molar-refractivity contribution is 5.78. The molecule has 0 aliphatic carbocycles. The van der Waals surface area contributed by atoms with Gasteiger partial charge in [0.25, 0.3) is 0 Å². The fourth-order valence-corrected chi connectivity index (χ4v) is 3.24. The fraction of sp³-hybridized carbons (Fsp3) is 0.0833. The zero-order valence-electron chi connectivity index (χ0n) is 16.4. The summed E-state index contributed by atoms with van der Waals surface area (Å²) in [5.74, 6) is 0.593. The molecule has 6 heteroatoms. The quantitative estimate of drug-likeness (QED) is 0.450. The minimum Gasteiger partial charge on any atom is -0.393 e. The van der Waals surface area contributed by atoms with Crippen molar-refractivity contribution in [3.05, 3.63) is 108 Å². The van der Waals surface area contributed by atoms with Gasteiger partial charge in [-0.3, -0.25) is 0 Å². The third-order valence-electron chi connectivity index (χ3n) is 4.72. The van der Waals surface area contributed by atoms with Crippen LogP contribution in [0, 0.1) is 5.82 Å². The zero-order chi connectivity index (χ0) is 20.8. The maximum absolute atomic E-state index is 14.1. The smallest absolute Gasteiger partial charge is 0.159 e. The molecule has 4 rings (SSSR count). The minimum absolute atomic E-state index is 0.312. The molecule has 0 atom stereocenters. The van der Waals surface area contributed by atoms with Gasteiger partial charge in [0, 0.05) is 13.1 Å². The molecular weight excluding hydrogens is 377 g/mol. The lowest BCUT2D eigenvalue weighted by molar-refractivity contribution is 0.632. The number of hydrogen-bond acceptors (Lipinski definition) is 5. The van der Waals surface area contributed by atoms with Crippen LogP contribution in [0.25, 0.3) is 0 Å². The van der Waals surface area contributed by atoms with Gasteiger partial charge in [0.15, 0.2) is 11.6 Å². The van der Waals surface area contributed by atoms with Crippen molar-refractivity contribution in [2.45, 2.75) is 13.1 Å². The van der Waals surface area contributed by atoms with E-state index in [0.717, 1.165) is 11.1 Å². The molecule has 0 fully saturated rings. The van der Waals surface area contributed by atoms with Crippen LogP contribution in [0.5, 0.6) is 0 Å². The molecule has 5 nitrogen and oxygen atoms in total. The van der Waals surface area contributed by atoms with Crippen LogP contribution >= 0.6 is 0 Å². The van der Waals surface area contributed by atoms with Gasteiger partial charge in [-0.15, -0.1) is 0 Å². The van der Waals surface area contributed by atoms with E-state index in [1.54, 1.807) is 18.2 Å². The van der Waals surface area contributed by atoms with Crippen molar-refractivity contribution in [3.8, 4) is 0 Å². The number of nitrogens with zero attached hydrogens (tertiary/aromatic N) is 3. The van der Waals surface area contributed by atoms with Crippen LogP contribution in [-0.2, 0) is 13.1 Å². The van der Waals surface area contributed by atoms with Crippen LogP contribution in [-0.4, -0.2) is 9.97 Å². The van der Waals surface area contributed by atoms with Gasteiger partial charge >= 0.3 is 0 Å². The molecule has 0 amide bonds. The summed E-state index contributed by atoms with van der Waals surface area (Å²) in [7, 11) is 0. The van der Waals surface area contributed by atoms with Crippen LogP contribution in [0.3, 0.4) is 0 Å². The van der Waals surface area contributed by atoms with Crippen LogP contribution in [0.15, 0.2) is 91.3 Å². The Morgan fingerprint density at radius 2 is 1.33 bits per heavy atom. The normalized spacial score (nSPS) is 10.6. The molecule has 1 heterocycles. The Bertz CT molecular complexity index is 1060. The van der Waals surface area contributed by atoms with E-state index >= 15 is 0 Å². The standard InChI is InChI=1S/C24H22FN5/c25-20-13-7-8-14-21(20)29-23-22(26)24(28-17-27-23)30(15-18-9-3-1-4-10-18)16-19-11-5-2-6-12-19/h1-14,17H,15-16,26H2,(H,27,28,29). The number of anilines is 4. The van der Waals surface area contributed by atoms with Crippen molar-refractivity contribution >= 4 is 23.0 Å². The number of benzene rings is 3. The lowest BCUT2D eigenvalue weighted by atomic mass is 10.1. The molecule has 0 saturated carbocycles. The highest BCUT2D eigenvalue weighted by Crippen LogP contribution is 2.31. The number of aromatic nitrogens is 2. The van der Waals surface area contributed by atoms with Gasteiger partial charge in [-0.05, 0) is 23.3 Å². The molecule has 0 bridgehead atoms. The Kier molecular flexibility index (Phi) is 5.85. The average molecular weight is 399 g/mol. The molecular formula is C24H22FN5. The van der Waals surface area contributed by atoms with E-state index in [1.165, 1.54) is 12.4 Å². The Labute approximate surface area is 175 Å². The molecule has 0 radical (unpaired) electrons. The maximum atomic E-state index is 14.1. The number of halogens is 1. The molecule has 0 spiro atoms. The minimum atomic E-state index is -0.373. The van der Waals surface area contributed by atoms with Gasteiger partial charge in [-0.1, -0.05) is 72.8 Å². The zero-order valence-corrected chi connectivity index (χ0v) is 16.4. The topological polar surface area (TPSA) is 67.1 Å². The van der Waals surface area contributed by atoms with Crippen molar-refractivity contribution in [1.82, 2.24) is 9.97 Å². The Balaban J connectivity index is 1.68. The van der Waals surface area contributed by atoms with Crippen molar-refractivity contribution in [2.24, 2.45) is 0 Å². The van der Waals surface area contributed by atoms with Crippen molar-refractivity contribution < 1.29 is 4.39 Å². The summed E-state index contributed by atoms with van der Waals surface area (Å²) in [5.41, 5.74) is 9.39. The van der Waals surface area contributed by atoms with E-state index in [0.29, 0.717) is 36.1 Å². The summed E-state index contributed by atoms with van der Waals surface area (Å²) in [6, 6.07) is 26.7. The molecule has 30 heavy (non-hydrogen) atoms. The first kappa shape index (κ1) is 19.4. The predicted molar refractivity (Wildman–Crippen MR) is 119 cm³/mol. The lowest BCUT2D eigenvalue weighted by Gasteiger charge is -2.26. The van der Waals surface area contributed by atoms with Gasteiger partial charge in [-0.2, -0.15) is 0 Å². The molecule has 0 aliphatic rings. The number of nitrogen functional groups attached to an aromatic ring is 1. The number of nitrogens with two attached hydrogens (primary N) is 1. The molecule has 0 unspecified atom stereocenters. The molecule has 1 aromatic heterocycles. The first-order chi connectivity index (χ1) is 14.7. The Hall–Kier alpha value is -3.93. The number of rotatable bonds is 7. The van der Waals surface area contributed by atoms with Crippen LogP contribution in [0.4, 0.5) is 27.4 Å². The van der Waals surface area contributed by atoms with Gasteiger partial charge in [0.05, 0.1) is 5.69 Å². The SMILES string of the molecule is Nc1c(Nc2ccccc2F)ncnc1N(Cc1ccccc1)Cc1ccccc1. The fourth-order valence-electron chi connectivity index (χ4n) is 3.24. The van der Waals surface area contributed by atoms with E-state index in [1.807, 2.05) is 36.4 Å². The first-order valence-electron chi connectivity index (χ1n) is 9.65. The summed E-state index contributed by atoms with van der Waals surface area (Å²) in [4.78, 5) is 10.8. The third-order valence-corrected chi connectivity index (χ3v) is 4.72. The van der Waals surface area contributed by atoms with Crippen molar-refractivity contribution in [1.29, 1.82) is 0 Å². The molecule has 0 aliphatic heterocycles. The van der Waals surface area contributed by atoms with Gasteiger partial charge in [-0.25, -0.2) is 14.4 Å². The van der Waals surface area contributed by atoms with E-state index < -0.39 is 0 Å². The highest BCUT2D eigenvalue weighted by atomic mass is 19.1. The van der Waals surface area contributed by atoms with Gasteiger partial charge < -0.3 is 16.0 Å². The summed E-state index contributed by atoms with van der Waals surface area (Å²) in [6.07, 6.45) is 1.44. The molecule has 150 valence electrons. The van der Waals surface area contributed by atoms with Crippen LogP contribution in [0.2, 0.25) is 0 Å². The second-order valence-corrected chi connectivity index (χ2v) is 6.89.